The molecule has 20 heavy (non-hydrogen) atoms. The average Bonchev–Trinajstić information content (AvgIpc) is 2.47. The van der Waals surface area contributed by atoms with E-state index in [9.17, 15) is 0 Å². The molecule has 0 spiro atoms. The van der Waals surface area contributed by atoms with E-state index in [4.69, 9.17) is 11.6 Å². The largest absolute Gasteiger partial charge is 0.369 e. The average molecular weight is 296 g/mol. The molecule has 0 radical (unpaired) electrons. The van der Waals surface area contributed by atoms with E-state index in [-0.39, 0.29) is 0 Å². The van der Waals surface area contributed by atoms with Crippen LogP contribution in [0.5, 0.6) is 0 Å². The van der Waals surface area contributed by atoms with E-state index >= 15 is 0 Å². The fourth-order valence-corrected chi connectivity index (χ4v) is 3.19. The lowest BCUT2D eigenvalue weighted by molar-refractivity contribution is 0.173. The minimum absolute atomic E-state index is 0.673. The van der Waals surface area contributed by atoms with Crippen molar-refractivity contribution in [3.8, 4) is 0 Å². The van der Waals surface area contributed by atoms with Gasteiger partial charge in [-0.1, -0.05) is 31.0 Å². The van der Waals surface area contributed by atoms with E-state index in [1.165, 1.54) is 18.5 Å². The summed E-state index contributed by atoms with van der Waals surface area (Å²) in [5, 5.41) is 4.15. The van der Waals surface area contributed by atoms with E-state index in [0.717, 1.165) is 37.7 Å². The Morgan fingerprint density at radius 2 is 2.00 bits per heavy atom. The van der Waals surface area contributed by atoms with Gasteiger partial charge in [-0.3, -0.25) is 4.90 Å². The SMILES string of the molecule is CCCC(CNC)N1CCN(c2cccc(Cl)c2)CC1. The first-order valence-corrected chi connectivity index (χ1v) is 8.01. The molecule has 0 saturated carbocycles. The Hall–Kier alpha value is -0.770. The predicted octanol–water partition coefficient (Wildman–Crippen LogP) is 2.85. The molecular formula is C16H26ClN3. The first-order valence-electron chi connectivity index (χ1n) is 7.63. The van der Waals surface area contributed by atoms with Crippen molar-refractivity contribution in [2.24, 2.45) is 0 Å². The van der Waals surface area contributed by atoms with Crippen molar-refractivity contribution in [2.75, 3.05) is 44.7 Å². The number of hydrogen-bond donors (Lipinski definition) is 1. The minimum atomic E-state index is 0.673. The Morgan fingerprint density at radius 3 is 2.60 bits per heavy atom. The van der Waals surface area contributed by atoms with Crippen molar-refractivity contribution in [3.05, 3.63) is 29.3 Å². The highest BCUT2D eigenvalue weighted by atomic mass is 35.5. The van der Waals surface area contributed by atoms with Crippen LogP contribution in [0.4, 0.5) is 5.69 Å². The van der Waals surface area contributed by atoms with Gasteiger partial charge in [0.15, 0.2) is 0 Å². The molecule has 2 rings (SSSR count). The molecule has 1 aliphatic rings. The van der Waals surface area contributed by atoms with E-state index in [2.05, 4.69) is 34.2 Å². The molecule has 4 heteroatoms. The van der Waals surface area contributed by atoms with Crippen LogP contribution < -0.4 is 10.2 Å². The molecule has 0 bridgehead atoms. The quantitative estimate of drug-likeness (QED) is 0.871. The summed E-state index contributed by atoms with van der Waals surface area (Å²) < 4.78 is 0. The molecule has 1 aromatic rings. The number of benzene rings is 1. The second kappa shape index (κ2) is 7.87. The third-order valence-electron chi connectivity index (χ3n) is 4.07. The molecule has 1 unspecified atom stereocenters. The fourth-order valence-electron chi connectivity index (χ4n) is 3.00. The maximum Gasteiger partial charge on any atom is 0.0426 e. The van der Waals surface area contributed by atoms with E-state index < -0.39 is 0 Å². The van der Waals surface area contributed by atoms with Crippen LogP contribution >= 0.6 is 11.6 Å². The highest BCUT2D eigenvalue weighted by Crippen LogP contribution is 2.21. The van der Waals surface area contributed by atoms with Gasteiger partial charge in [0.05, 0.1) is 0 Å². The number of likely N-dealkylation sites (N-methyl/N-ethyl adjacent to an activating group) is 1. The zero-order valence-corrected chi connectivity index (χ0v) is 13.4. The number of nitrogens with one attached hydrogen (secondary N) is 1. The fraction of sp³-hybridized carbons (Fsp3) is 0.625. The molecule has 1 aromatic carbocycles. The summed E-state index contributed by atoms with van der Waals surface area (Å²) >= 11 is 6.08. The van der Waals surface area contributed by atoms with Gasteiger partial charge in [-0.05, 0) is 31.7 Å². The lowest BCUT2D eigenvalue weighted by atomic mass is 10.1. The van der Waals surface area contributed by atoms with Gasteiger partial charge >= 0.3 is 0 Å². The van der Waals surface area contributed by atoms with E-state index in [1.807, 2.05) is 19.2 Å². The third kappa shape index (κ3) is 4.11. The predicted molar refractivity (Wildman–Crippen MR) is 87.9 cm³/mol. The van der Waals surface area contributed by atoms with Crippen LogP contribution in [0.3, 0.4) is 0 Å². The molecule has 0 aliphatic carbocycles. The maximum atomic E-state index is 6.08. The summed E-state index contributed by atoms with van der Waals surface area (Å²) in [5.74, 6) is 0. The van der Waals surface area contributed by atoms with Crippen LogP contribution in [0.25, 0.3) is 0 Å². The zero-order valence-electron chi connectivity index (χ0n) is 12.6. The lowest BCUT2D eigenvalue weighted by Gasteiger charge is -2.40. The van der Waals surface area contributed by atoms with Gasteiger partial charge < -0.3 is 10.2 Å². The first kappa shape index (κ1) is 15.6. The Balaban J connectivity index is 1.91. The molecule has 3 nitrogen and oxygen atoms in total. The zero-order chi connectivity index (χ0) is 14.4. The Kier molecular flexibility index (Phi) is 6.14. The van der Waals surface area contributed by atoms with Gasteiger partial charge in [0, 0.05) is 49.5 Å². The highest BCUT2D eigenvalue weighted by molar-refractivity contribution is 6.30. The van der Waals surface area contributed by atoms with Gasteiger partial charge in [-0.15, -0.1) is 0 Å². The number of hydrogen-bond acceptors (Lipinski definition) is 3. The van der Waals surface area contributed by atoms with E-state index in [1.54, 1.807) is 0 Å². The van der Waals surface area contributed by atoms with Crippen molar-refractivity contribution < 1.29 is 0 Å². The van der Waals surface area contributed by atoms with Crippen LogP contribution in [-0.2, 0) is 0 Å². The number of anilines is 1. The molecule has 112 valence electrons. The molecule has 1 aliphatic heterocycles. The van der Waals surface area contributed by atoms with Crippen molar-refractivity contribution >= 4 is 17.3 Å². The number of rotatable bonds is 6. The van der Waals surface area contributed by atoms with Crippen LogP contribution in [0.1, 0.15) is 19.8 Å². The normalized spacial score (nSPS) is 18.2. The Morgan fingerprint density at radius 1 is 1.25 bits per heavy atom. The smallest absolute Gasteiger partial charge is 0.0426 e. The van der Waals surface area contributed by atoms with Gasteiger partial charge in [0.1, 0.15) is 0 Å². The maximum absolute atomic E-state index is 6.08. The molecule has 1 N–H and O–H groups in total. The third-order valence-corrected chi connectivity index (χ3v) is 4.30. The van der Waals surface area contributed by atoms with E-state index in [0.29, 0.717) is 6.04 Å². The summed E-state index contributed by atoms with van der Waals surface area (Å²) in [5.41, 5.74) is 1.25. The summed E-state index contributed by atoms with van der Waals surface area (Å²) in [6.45, 7) is 7.81. The summed E-state index contributed by atoms with van der Waals surface area (Å²) in [6, 6.07) is 8.86. The highest BCUT2D eigenvalue weighted by Gasteiger charge is 2.22. The van der Waals surface area contributed by atoms with Crippen molar-refractivity contribution in [2.45, 2.75) is 25.8 Å². The Bertz CT molecular complexity index is 396. The molecule has 1 fully saturated rings. The molecule has 1 saturated heterocycles. The van der Waals surface area contributed by atoms with Crippen molar-refractivity contribution in [1.82, 2.24) is 10.2 Å². The second-order valence-electron chi connectivity index (χ2n) is 5.50. The standard InChI is InChI=1S/C16H26ClN3/c1-3-5-16(13-18-2)20-10-8-19(9-11-20)15-7-4-6-14(17)12-15/h4,6-7,12,16,18H,3,5,8-11,13H2,1-2H3. The topological polar surface area (TPSA) is 18.5 Å². The Labute approximate surface area is 127 Å². The number of piperazine rings is 1. The molecule has 1 atom stereocenters. The second-order valence-corrected chi connectivity index (χ2v) is 5.94. The monoisotopic (exact) mass is 295 g/mol. The van der Waals surface area contributed by atoms with Gasteiger partial charge in [-0.25, -0.2) is 0 Å². The molecule has 0 amide bonds. The summed E-state index contributed by atoms with van der Waals surface area (Å²) in [4.78, 5) is 5.06. The van der Waals surface area contributed by atoms with Crippen LogP contribution in [-0.4, -0.2) is 50.7 Å². The summed E-state index contributed by atoms with van der Waals surface area (Å²) in [7, 11) is 2.05. The van der Waals surface area contributed by atoms with Crippen molar-refractivity contribution in [3.63, 3.8) is 0 Å². The van der Waals surface area contributed by atoms with Gasteiger partial charge in [0.2, 0.25) is 0 Å². The minimum Gasteiger partial charge on any atom is -0.369 e. The van der Waals surface area contributed by atoms with Crippen LogP contribution in [0, 0.1) is 0 Å². The molecular weight excluding hydrogens is 270 g/mol. The van der Waals surface area contributed by atoms with Gasteiger partial charge in [0.25, 0.3) is 0 Å². The molecule has 1 heterocycles. The number of halogens is 1. The van der Waals surface area contributed by atoms with Crippen LogP contribution in [0.15, 0.2) is 24.3 Å². The van der Waals surface area contributed by atoms with Crippen LogP contribution in [0.2, 0.25) is 5.02 Å². The van der Waals surface area contributed by atoms with Gasteiger partial charge in [-0.2, -0.15) is 0 Å². The first-order chi connectivity index (χ1) is 9.74. The number of nitrogens with zero attached hydrogens (tertiary/aromatic N) is 2. The molecule has 0 aromatic heterocycles. The van der Waals surface area contributed by atoms with Crippen molar-refractivity contribution in [1.29, 1.82) is 0 Å². The lowest BCUT2D eigenvalue weighted by Crippen LogP contribution is -2.52. The summed E-state index contributed by atoms with van der Waals surface area (Å²) in [6.07, 6.45) is 2.53.